The summed E-state index contributed by atoms with van der Waals surface area (Å²) in [5.41, 5.74) is 7.90. The number of nitrogens with zero attached hydrogens (tertiary/aromatic N) is 1. The van der Waals surface area contributed by atoms with Crippen molar-refractivity contribution in [3.63, 3.8) is 0 Å². The molecular weight excluding hydrogens is 642 g/mol. The lowest BCUT2D eigenvalue weighted by Crippen LogP contribution is -2.70. The number of nitrogens with two attached hydrogens (primary N) is 2. The Balaban J connectivity index is 7.48. The van der Waals surface area contributed by atoms with Crippen LogP contribution in [0.1, 0.15) is 155 Å². The van der Waals surface area contributed by atoms with Crippen molar-refractivity contribution in [1.82, 2.24) is 15.5 Å². The highest BCUT2D eigenvalue weighted by Gasteiger charge is 2.52. The summed E-state index contributed by atoms with van der Waals surface area (Å²) in [6, 6.07) is -0.935. The van der Waals surface area contributed by atoms with Crippen molar-refractivity contribution >= 4 is 24.2 Å². The van der Waals surface area contributed by atoms with Crippen LogP contribution in [0.5, 0.6) is 0 Å². The maximum atomic E-state index is 14.5. The van der Waals surface area contributed by atoms with Crippen LogP contribution in [0.2, 0.25) is 0 Å². The number of amides is 3. The van der Waals surface area contributed by atoms with Crippen LogP contribution < -0.4 is 22.1 Å². The van der Waals surface area contributed by atoms with Crippen LogP contribution in [0, 0.1) is 5.92 Å². The van der Waals surface area contributed by atoms with Gasteiger partial charge >= 0.3 is 24.2 Å². The SMILES string of the molecule is CCCC(NC(=O)OC(C)(C)C)N(CC(CCCCCCN)C(N)(C(=O)OC(C)(C)C)C(CCC)NC(=O)OC(C)(C)C)C(=O)OC(C)(C)C. The minimum atomic E-state index is -1.84. The van der Waals surface area contributed by atoms with E-state index in [2.05, 4.69) is 10.6 Å². The lowest BCUT2D eigenvalue weighted by Gasteiger charge is -2.45. The summed E-state index contributed by atoms with van der Waals surface area (Å²) in [7, 11) is 0. The highest BCUT2D eigenvalue weighted by Crippen LogP contribution is 2.33. The first-order chi connectivity index (χ1) is 22.7. The molecule has 0 aliphatic heterocycles. The Morgan fingerprint density at radius 3 is 1.52 bits per heavy atom. The quantitative estimate of drug-likeness (QED) is 0.0492. The molecule has 0 aliphatic rings. The van der Waals surface area contributed by atoms with Crippen LogP contribution in [-0.2, 0) is 23.7 Å². The molecule has 0 rings (SSSR count). The number of esters is 1. The van der Waals surface area contributed by atoms with E-state index in [0.717, 1.165) is 19.3 Å². The summed E-state index contributed by atoms with van der Waals surface area (Å²) in [6.07, 6.45) is 2.41. The Labute approximate surface area is 303 Å². The number of hydrogen-bond donors (Lipinski definition) is 4. The second-order valence-corrected chi connectivity index (χ2v) is 17.2. The first kappa shape index (κ1) is 47.2. The summed E-state index contributed by atoms with van der Waals surface area (Å²) in [6.45, 7) is 25.3. The molecule has 294 valence electrons. The van der Waals surface area contributed by atoms with Crippen LogP contribution >= 0.6 is 0 Å². The van der Waals surface area contributed by atoms with Gasteiger partial charge in [0.15, 0.2) is 0 Å². The third-order valence-corrected chi connectivity index (χ3v) is 7.45. The van der Waals surface area contributed by atoms with E-state index in [1.807, 2.05) is 13.8 Å². The van der Waals surface area contributed by atoms with E-state index in [4.69, 9.17) is 30.4 Å². The highest BCUT2D eigenvalue weighted by atomic mass is 16.6. The van der Waals surface area contributed by atoms with Gasteiger partial charge in [-0.1, -0.05) is 46.0 Å². The lowest BCUT2D eigenvalue weighted by atomic mass is 9.73. The molecule has 0 heterocycles. The number of ether oxygens (including phenoxy) is 4. The molecule has 0 aromatic carbocycles. The molecule has 0 fully saturated rings. The van der Waals surface area contributed by atoms with Gasteiger partial charge in [-0.3, -0.25) is 4.90 Å². The Morgan fingerprint density at radius 1 is 0.620 bits per heavy atom. The largest absolute Gasteiger partial charge is 0.459 e. The van der Waals surface area contributed by atoms with Gasteiger partial charge in [0.25, 0.3) is 0 Å². The molecule has 13 heteroatoms. The molecule has 0 bridgehead atoms. The second kappa shape index (κ2) is 20.3. The van der Waals surface area contributed by atoms with Crippen molar-refractivity contribution in [3.05, 3.63) is 0 Å². The summed E-state index contributed by atoms with van der Waals surface area (Å²) < 4.78 is 23.1. The third kappa shape index (κ3) is 19.0. The Hall–Kier alpha value is -2.80. The van der Waals surface area contributed by atoms with E-state index >= 15 is 0 Å². The Kier molecular flexibility index (Phi) is 19.2. The molecule has 0 saturated heterocycles. The van der Waals surface area contributed by atoms with Gasteiger partial charge < -0.3 is 41.0 Å². The van der Waals surface area contributed by atoms with Crippen LogP contribution in [0.4, 0.5) is 14.4 Å². The van der Waals surface area contributed by atoms with Crippen molar-refractivity contribution in [2.45, 2.75) is 195 Å². The number of unbranched alkanes of at least 4 members (excludes halogenated alkanes) is 3. The predicted octanol–water partition coefficient (Wildman–Crippen LogP) is 7.13. The van der Waals surface area contributed by atoms with Gasteiger partial charge in [0.2, 0.25) is 0 Å². The highest BCUT2D eigenvalue weighted by molar-refractivity contribution is 5.84. The molecule has 3 amide bonds. The fourth-order valence-electron chi connectivity index (χ4n) is 5.41. The van der Waals surface area contributed by atoms with Crippen molar-refractivity contribution < 1.29 is 38.1 Å². The normalized spacial score (nSPS) is 15.5. The van der Waals surface area contributed by atoms with E-state index in [-0.39, 0.29) is 6.54 Å². The Morgan fingerprint density at radius 2 is 1.08 bits per heavy atom. The molecule has 50 heavy (non-hydrogen) atoms. The molecule has 0 spiro atoms. The maximum absolute atomic E-state index is 14.5. The molecule has 0 saturated carbocycles. The van der Waals surface area contributed by atoms with E-state index in [1.165, 1.54) is 4.90 Å². The zero-order valence-electron chi connectivity index (χ0n) is 33.9. The van der Waals surface area contributed by atoms with Gasteiger partial charge in [-0.2, -0.15) is 0 Å². The monoisotopic (exact) mass is 716 g/mol. The zero-order chi connectivity index (χ0) is 39.1. The molecular formula is C37H73N5O8. The summed E-state index contributed by atoms with van der Waals surface area (Å²) >= 11 is 0. The number of hydrogen-bond acceptors (Lipinski definition) is 10. The molecule has 0 aliphatic carbocycles. The molecule has 0 radical (unpaired) electrons. The molecule has 4 atom stereocenters. The summed E-state index contributed by atoms with van der Waals surface area (Å²) in [5, 5.41) is 5.76. The second-order valence-electron chi connectivity index (χ2n) is 17.2. The van der Waals surface area contributed by atoms with Crippen molar-refractivity contribution in [2.24, 2.45) is 17.4 Å². The molecule has 0 aromatic rings. The van der Waals surface area contributed by atoms with Gasteiger partial charge in [-0.25, -0.2) is 19.2 Å². The van der Waals surface area contributed by atoms with Crippen molar-refractivity contribution in [2.75, 3.05) is 13.1 Å². The number of nitrogens with one attached hydrogen (secondary N) is 2. The average molecular weight is 716 g/mol. The van der Waals surface area contributed by atoms with Crippen LogP contribution in [0.15, 0.2) is 0 Å². The molecule has 0 aromatic heterocycles. The van der Waals surface area contributed by atoms with Gasteiger partial charge in [-0.15, -0.1) is 0 Å². The lowest BCUT2D eigenvalue weighted by molar-refractivity contribution is -0.166. The van der Waals surface area contributed by atoms with Gasteiger partial charge in [0.1, 0.15) is 34.1 Å². The van der Waals surface area contributed by atoms with Crippen LogP contribution in [0.25, 0.3) is 0 Å². The maximum Gasteiger partial charge on any atom is 0.411 e. The van der Waals surface area contributed by atoms with Crippen LogP contribution in [0.3, 0.4) is 0 Å². The van der Waals surface area contributed by atoms with Crippen molar-refractivity contribution in [3.8, 4) is 0 Å². The van der Waals surface area contributed by atoms with E-state index in [1.54, 1.807) is 83.1 Å². The fourth-order valence-corrected chi connectivity index (χ4v) is 5.41. The number of carbonyl (C=O) groups excluding carboxylic acids is 4. The number of carbonyl (C=O) groups is 4. The fraction of sp³-hybridized carbons (Fsp3) is 0.892. The minimum Gasteiger partial charge on any atom is -0.459 e. The van der Waals surface area contributed by atoms with Crippen LogP contribution in [-0.4, -0.2) is 82.4 Å². The standard InChI is InChI=1S/C37H73N5O8/c1-15-21-27(40-30(44)48-34(6,7)8)37(39,29(43)47-33(3,4)5)26(23-19-17-18-20-24-38)25-42(32(46)50-36(12,13)14)28(22-16-2)41-31(45)49-35(9,10)11/h26-28H,15-25,38-39H2,1-14H3,(H,40,44)(H,41,45). The van der Waals surface area contributed by atoms with Crippen molar-refractivity contribution in [1.29, 1.82) is 0 Å². The van der Waals surface area contributed by atoms with E-state index < -0.39 is 70.3 Å². The average Bonchev–Trinajstić information content (AvgIpc) is 2.89. The summed E-state index contributed by atoms with van der Waals surface area (Å²) in [4.78, 5) is 56.4. The van der Waals surface area contributed by atoms with Gasteiger partial charge in [0.05, 0.1) is 6.04 Å². The van der Waals surface area contributed by atoms with Gasteiger partial charge in [0, 0.05) is 12.5 Å². The van der Waals surface area contributed by atoms with E-state index in [9.17, 15) is 19.2 Å². The smallest absolute Gasteiger partial charge is 0.411 e. The minimum absolute atomic E-state index is 0.0990. The topological polar surface area (TPSA) is 185 Å². The Bertz CT molecular complexity index is 1060. The third-order valence-electron chi connectivity index (χ3n) is 7.45. The number of rotatable bonds is 18. The predicted molar refractivity (Wildman–Crippen MR) is 197 cm³/mol. The molecule has 4 unspecified atom stereocenters. The molecule has 6 N–H and O–H groups in total. The van der Waals surface area contributed by atoms with E-state index in [0.29, 0.717) is 45.1 Å². The zero-order valence-corrected chi connectivity index (χ0v) is 33.9. The number of alkyl carbamates (subject to hydrolysis) is 2. The molecule has 13 nitrogen and oxygen atoms in total. The summed E-state index contributed by atoms with van der Waals surface area (Å²) in [5.74, 6) is -1.49. The van der Waals surface area contributed by atoms with Gasteiger partial charge in [-0.05, 0) is 115 Å². The first-order valence-electron chi connectivity index (χ1n) is 18.4. The first-order valence-corrected chi connectivity index (χ1v) is 18.4.